The Kier molecular flexibility index (Phi) is 6.89. The van der Waals surface area contributed by atoms with Crippen molar-refractivity contribution in [2.45, 2.75) is 52.2 Å². The number of rotatable bonds is 6. The third kappa shape index (κ3) is 5.27. The van der Waals surface area contributed by atoms with E-state index in [1.807, 2.05) is 17.4 Å². The van der Waals surface area contributed by atoms with E-state index < -0.39 is 0 Å². The summed E-state index contributed by atoms with van der Waals surface area (Å²) in [6.45, 7) is 9.48. The number of carbonyl (C=O) groups is 1. The maximum absolute atomic E-state index is 11.8. The van der Waals surface area contributed by atoms with Crippen molar-refractivity contribution in [1.82, 2.24) is 24.7 Å². The number of hydrogen-bond acceptors (Lipinski definition) is 3. The molecular weight excluding hydrogens is 388 g/mol. The van der Waals surface area contributed by atoms with Crippen LogP contribution in [-0.2, 0) is 17.9 Å². The van der Waals surface area contributed by atoms with Gasteiger partial charge in [-0.25, -0.2) is 9.98 Å². The maximum atomic E-state index is 11.8. The fourth-order valence-corrected chi connectivity index (χ4v) is 4.53. The Morgan fingerprint density at radius 1 is 1.23 bits per heavy atom. The van der Waals surface area contributed by atoms with Gasteiger partial charge in [0.2, 0.25) is 5.91 Å². The van der Waals surface area contributed by atoms with Crippen molar-refractivity contribution in [3.8, 4) is 0 Å². The first kappa shape index (κ1) is 21.4. The minimum Gasteiger partial charge on any atom is -0.357 e. The summed E-state index contributed by atoms with van der Waals surface area (Å²) in [6, 6.07) is 8.93. The molecule has 0 bridgehead atoms. The monoisotopic (exact) mass is 422 g/mol. The number of likely N-dealkylation sites (tertiary alicyclic amines) is 2. The Morgan fingerprint density at radius 3 is 2.71 bits per heavy atom. The van der Waals surface area contributed by atoms with Crippen LogP contribution in [0.3, 0.4) is 0 Å². The quantitative estimate of drug-likeness (QED) is 0.574. The molecule has 7 nitrogen and oxygen atoms in total. The Hall–Kier alpha value is -2.83. The van der Waals surface area contributed by atoms with E-state index in [1.54, 1.807) is 0 Å². The third-order valence-electron chi connectivity index (χ3n) is 6.44. The molecule has 2 unspecified atom stereocenters. The topological polar surface area (TPSA) is 65.8 Å². The van der Waals surface area contributed by atoms with Crippen molar-refractivity contribution in [2.24, 2.45) is 10.9 Å². The van der Waals surface area contributed by atoms with Gasteiger partial charge in [-0.2, -0.15) is 0 Å². The lowest BCUT2D eigenvalue weighted by Crippen LogP contribution is -2.49. The van der Waals surface area contributed by atoms with Gasteiger partial charge in [0, 0.05) is 51.5 Å². The molecule has 1 amide bonds. The van der Waals surface area contributed by atoms with Crippen LogP contribution < -0.4 is 5.32 Å². The number of piperidine rings is 1. The first-order valence-electron chi connectivity index (χ1n) is 11.5. The lowest BCUT2D eigenvalue weighted by Gasteiger charge is -2.39. The van der Waals surface area contributed by atoms with Crippen LogP contribution in [0.15, 0.2) is 48.0 Å². The van der Waals surface area contributed by atoms with Crippen LogP contribution in [0.5, 0.6) is 0 Å². The zero-order valence-corrected chi connectivity index (χ0v) is 18.7. The summed E-state index contributed by atoms with van der Waals surface area (Å²) in [7, 11) is 0. The van der Waals surface area contributed by atoms with Crippen LogP contribution in [0.1, 0.15) is 50.3 Å². The molecule has 1 aromatic heterocycles. The van der Waals surface area contributed by atoms with Gasteiger partial charge in [0.25, 0.3) is 0 Å². The maximum Gasteiger partial charge on any atom is 0.222 e. The van der Waals surface area contributed by atoms with Gasteiger partial charge in [0.15, 0.2) is 5.96 Å². The second kappa shape index (κ2) is 9.98. The van der Waals surface area contributed by atoms with E-state index in [4.69, 9.17) is 4.99 Å². The van der Waals surface area contributed by atoms with Gasteiger partial charge < -0.3 is 19.7 Å². The normalized spacial score (nSPS) is 22.3. The predicted molar refractivity (Wildman–Crippen MR) is 123 cm³/mol. The third-order valence-corrected chi connectivity index (χ3v) is 6.44. The van der Waals surface area contributed by atoms with Crippen molar-refractivity contribution >= 4 is 11.9 Å². The number of aliphatic imine (C=N–C) groups is 1. The Labute approximate surface area is 185 Å². The van der Waals surface area contributed by atoms with E-state index in [2.05, 4.69) is 64.1 Å². The molecule has 31 heavy (non-hydrogen) atoms. The Bertz CT molecular complexity index is 876. The van der Waals surface area contributed by atoms with E-state index in [9.17, 15) is 4.79 Å². The number of nitrogens with one attached hydrogen (secondary N) is 1. The molecule has 1 N–H and O–H groups in total. The van der Waals surface area contributed by atoms with E-state index in [-0.39, 0.29) is 5.91 Å². The van der Waals surface area contributed by atoms with Gasteiger partial charge in [0.05, 0.1) is 18.9 Å². The number of hydrogen-bond donors (Lipinski definition) is 1. The van der Waals surface area contributed by atoms with Gasteiger partial charge in [0.1, 0.15) is 0 Å². The highest BCUT2D eigenvalue weighted by Crippen LogP contribution is 2.27. The van der Waals surface area contributed by atoms with Crippen LogP contribution in [0.2, 0.25) is 0 Å². The van der Waals surface area contributed by atoms with Crippen LogP contribution in [-0.4, -0.2) is 57.4 Å². The molecule has 1 aromatic carbocycles. The molecule has 7 heteroatoms. The molecule has 4 rings (SSSR count). The van der Waals surface area contributed by atoms with Gasteiger partial charge in [-0.05, 0) is 36.8 Å². The van der Waals surface area contributed by atoms with Crippen molar-refractivity contribution in [2.75, 3.05) is 26.2 Å². The fraction of sp³-hybridized carbons (Fsp3) is 0.542. The summed E-state index contributed by atoms with van der Waals surface area (Å²) in [5.74, 6) is 1.86. The molecule has 0 saturated carbocycles. The molecular formula is C24H34N6O. The number of nitrogens with zero attached hydrogens (tertiary/aromatic N) is 5. The van der Waals surface area contributed by atoms with Crippen LogP contribution in [0.25, 0.3) is 0 Å². The summed E-state index contributed by atoms with van der Waals surface area (Å²) in [5.41, 5.74) is 2.37. The highest BCUT2D eigenvalue weighted by molar-refractivity contribution is 5.80. The fourth-order valence-electron chi connectivity index (χ4n) is 4.53. The standard InChI is InChI=1S/C24H34N6O/c1-3-26-24(29-13-10-19(2)22(17-29)30-14-11-25-18-30)27-15-20-6-8-21(9-7-20)16-28-12-4-5-23(28)31/h6-9,11,14,18-19,22H,3-5,10,12-13,15-17H2,1-2H3,(H,26,27). The lowest BCUT2D eigenvalue weighted by atomic mass is 9.93. The number of aromatic nitrogens is 2. The van der Waals surface area contributed by atoms with Crippen molar-refractivity contribution in [3.63, 3.8) is 0 Å². The highest BCUT2D eigenvalue weighted by Gasteiger charge is 2.28. The Balaban J connectivity index is 1.40. The smallest absolute Gasteiger partial charge is 0.222 e. The molecule has 2 aliphatic rings. The summed E-state index contributed by atoms with van der Waals surface area (Å²) < 4.78 is 2.23. The largest absolute Gasteiger partial charge is 0.357 e. The SMILES string of the molecule is CCNC(=NCc1ccc(CN2CCCC2=O)cc1)N1CCC(C)C(n2ccnc2)C1. The summed E-state index contributed by atoms with van der Waals surface area (Å²) >= 11 is 0. The van der Waals surface area contributed by atoms with E-state index in [0.717, 1.165) is 45.0 Å². The molecule has 2 saturated heterocycles. The van der Waals surface area contributed by atoms with Crippen molar-refractivity contribution in [3.05, 3.63) is 54.1 Å². The molecule has 166 valence electrons. The van der Waals surface area contributed by atoms with Crippen molar-refractivity contribution in [1.29, 1.82) is 0 Å². The number of amides is 1. The molecule has 2 aromatic rings. The second-order valence-corrected chi connectivity index (χ2v) is 8.69. The molecule has 2 aliphatic heterocycles. The first-order chi connectivity index (χ1) is 15.1. The summed E-state index contributed by atoms with van der Waals surface area (Å²) in [6.07, 6.45) is 8.65. The zero-order valence-electron chi connectivity index (χ0n) is 18.7. The minimum absolute atomic E-state index is 0.272. The highest BCUT2D eigenvalue weighted by atomic mass is 16.2. The zero-order chi connectivity index (χ0) is 21.6. The molecule has 0 aliphatic carbocycles. The number of imidazole rings is 1. The summed E-state index contributed by atoms with van der Waals surface area (Å²) in [5, 5.41) is 3.47. The molecule has 0 spiro atoms. The van der Waals surface area contributed by atoms with Gasteiger partial charge in [-0.15, -0.1) is 0 Å². The lowest BCUT2D eigenvalue weighted by molar-refractivity contribution is -0.128. The molecule has 3 heterocycles. The number of benzene rings is 1. The molecule has 0 radical (unpaired) electrons. The number of carbonyl (C=O) groups excluding carboxylic acids is 1. The van der Waals surface area contributed by atoms with Crippen LogP contribution >= 0.6 is 0 Å². The average molecular weight is 423 g/mol. The van der Waals surface area contributed by atoms with Crippen LogP contribution in [0.4, 0.5) is 0 Å². The Morgan fingerprint density at radius 2 is 2.03 bits per heavy atom. The number of guanidine groups is 1. The van der Waals surface area contributed by atoms with E-state index in [1.165, 1.54) is 11.1 Å². The first-order valence-corrected chi connectivity index (χ1v) is 11.5. The summed E-state index contributed by atoms with van der Waals surface area (Å²) in [4.78, 5) is 25.3. The van der Waals surface area contributed by atoms with Crippen LogP contribution in [0, 0.1) is 5.92 Å². The molecule has 2 atom stereocenters. The molecule has 2 fully saturated rings. The van der Waals surface area contributed by atoms with Crippen molar-refractivity contribution < 1.29 is 4.79 Å². The second-order valence-electron chi connectivity index (χ2n) is 8.69. The van der Waals surface area contributed by atoms with E-state index >= 15 is 0 Å². The van der Waals surface area contributed by atoms with Gasteiger partial charge in [-0.3, -0.25) is 4.79 Å². The van der Waals surface area contributed by atoms with Gasteiger partial charge >= 0.3 is 0 Å². The van der Waals surface area contributed by atoms with Gasteiger partial charge in [-0.1, -0.05) is 31.2 Å². The predicted octanol–water partition coefficient (Wildman–Crippen LogP) is 3.05. The minimum atomic E-state index is 0.272. The van der Waals surface area contributed by atoms with E-state index in [0.29, 0.717) is 31.5 Å². The average Bonchev–Trinajstić information content (AvgIpc) is 3.45.